The maximum Gasteiger partial charge on any atom is 0.257 e. The van der Waals surface area contributed by atoms with Crippen molar-refractivity contribution in [3.05, 3.63) is 36.2 Å². The van der Waals surface area contributed by atoms with E-state index in [-0.39, 0.29) is 5.91 Å². The highest BCUT2D eigenvalue weighted by Gasteiger charge is 2.40. The van der Waals surface area contributed by atoms with Crippen LogP contribution in [0.5, 0.6) is 0 Å². The van der Waals surface area contributed by atoms with Crippen LogP contribution in [0.2, 0.25) is 0 Å². The van der Waals surface area contributed by atoms with Crippen molar-refractivity contribution in [1.29, 1.82) is 0 Å². The molecule has 2 fully saturated rings. The Hall–Kier alpha value is -1.88. The molecule has 0 atom stereocenters. The molecule has 1 N–H and O–H groups in total. The molecule has 0 aromatic carbocycles. The van der Waals surface area contributed by atoms with E-state index in [4.69, 9.17) is 0 Å². The third-order valence-electron chi connectivity index (χ3n) is 5.05. The quantitative estimate of drug-likeness (QED) is 0.864. The van der Waals surface area contributed by atoms with Gasteiger partial charge in [0.1, 0.15) is 0 Å². The number of aromatic nitrogens is 2. The van der Waals surface area contributed by atoms with Crippen molar-refractivity contribution >= 4 is 11.4 Å². The first kappa shape index (κ1) is 12.8. The summed E-state index contributed by atoms with van der Waals surface area (Å²) in [5, 5.41) is 7.69. The number of nitrogens with zero attached hydrogens (tertiary/aromatic N) is 3. The molecule has 0 unspecified atom stereocenters. The summed E-state index contributed by atoms with van der Waals surface area (Å²) in [5.41, 5.74) is 1.97. The molecule has 0 saturated carbocycles. The van der Waals surface area contributed by atoms with Gasteiger partial charge in [0.2, 0.25) is 0 Å². The van der Waals surface area contributed by atoms with Crippen LogP contribution < -0.4 is 5.32 Å². The molecule has 2 aliphatic rings. The molecule has 5 heteroatoms. The van der Waals surface area contributed by atoms with Gasteiger partial charge in [0.05, 0.1) is 17.3 Å². The highest BCUT2D eigenvalue weighted by molar-refractivity contribution is 6.00. The summed E-state index contributed by atoms with van der Waals surface area (Å²) in [7, 11) is 0. The van der Waals surface area contributed by atoms with Crippen molar-refractivity contribution in [2.45, 2.75) is 19.3 Å². The monoisotopic (exact) mass is 284 g/mol. The maximum absolute atomic E-state index is 12.8. The lowest BCUT2D eigenvalue weighted by atomic mass is 9.78. The number of hydrogen-bond acceptors (Lipinski definition) is 3. The molecule has 0 radical (unpaired) electrons. The first-order chi connectivity index (χ1) is 10.3. The summed E-state index contributed by atoms with van der Waals surface area (Å²) in [6, 6.07) is 5.83. The number of likely N-dealkylation sites (tertiary alicyclic amines) is 1. The predicted octanol–water partition coefficient (Wildman–Crippen LogP) is 1.55. The van der Waals surface area contributed by atoms with Gasteiger partial charge in [-0.15, -0.1) is 0 Å². The van der Waals surface area contributed by atoms with E-state index in [1.807, 2.05) is 29.3 Å². The van der Waals surface area contributed by atoms with E-state index in [0.29, 0.717) is 5.41 Å². The Kier molecular flexibility index (Phi) is 2.96. The predicted molar refractivity (Wildman–Crippen MR) is 80.2 cm³/mol. The summed E-state index contributed by atoms with van der Waals surface area (Å²) in [4.78, 5) is 14.8. The van der Waals surface area contributed by atoms with Crippen molar-refractivity contribution in [3.63, 3.8) is 0 Å². The SMILES string of the molecule is O=C(c1cnn2ccccc12)N1CCC2(CCNCC2)C1. The second-order valence-electron chi connectivity index (χ2n) is 6.32. The zero-order chi connectivity index (χ0) is 14.3. The normalized spacial score (nSPS) is 21.2. The van der Waals surface area contributed by atoms with Crippen LogP contribution in [0.25, 0.3) is 5.52 Å². The van der Waals surface area contributed by atoms with Crippen molar-refractivity contribution in [2.24, 2.45) is 5.41 Å². The molecule has 0 bridgehead atoms. The summed E-state index contributed by atoms with van der Waals surface area (Å²) >= 11 is 0. The summed E-state index contributed by atoms with van der Waals surface area (Å²) < 4.78 is 1.77. The molecular formula is C16H20N4O. The third-order valence-corrected chi connectivity index (χ3v) is 5.05. The van der Waals surface area contributed by atoms with Gasteiger partial charge in [0, 0.05) is 19.3 Å². The molecular weight excluding hydrogens is 264 g/mol. The fourth-order valence-electron chi connectivity index (χ4n) is 3.74. The first-order valence-corrected chi connectivity index (χ1v) is 7.70. The van der Waals surface area contributed by atoms with Gasteiger partial charge in [-0.25, -0.2) is 4.52 Å². The maximum atomic E-state index is 12.8. The first-order valence-electron chi connectivity index (χ1n) is 7.70. The van der Waals surface area contributed by atoms with E-state index in [9.17, 15) is 4.79 Å². The van der Waals surface area contributed by atoms with Gasteiger partial charge in [-0.2, -0.15) is 5.10 Å². The lowest BCUT2D eigenvalue weighted by molar-refractivity contribution is 0.0763. The van der Waals surface area contributed by atoms with Crippen LogP contribution in [0.1, 0.15) is 29.6 Å². The van der Waals surface area contributed by atoms with Crippen LogP contribution in [0.4, 0.5) is 0 Å². The van der Waals surface area contributed by atoms with Crippen molar-refractivity contribution < 1.29 is 4.79 Å². The smallest absolute Gasteiger partial charge is 0.257 e. The van der Waals surface area contributed by atoms with E-state index in [1.54, 1.807) is 10.7 Å². The highest BCUT2D eigenvalue weighted by atomic mass is 16.2. The van der Waals surface area contributed by atoms with Gasteiger partial charge >= 0.3 is 0 Å². The van der Waals surface area contributed by atoms with Gasteiger partial charge in [-0.3, -0.25) is 4.79 Å². The van der Waals surface area contributed by atoms with Gasteiger partial charge in [0.25, 0.3) is 5.91 Å². The average Bonchev–Trinajstić information content (AvgIpc) is 3.12. The Labute approximate surface area is 123 Å². The minimum atomic E-state index is 0.131. The lowest BCUT2D eigenvalue weighted by Gasteiger charge is -2.33. The molecule has 1 spiro atoms. The number of hydrogen-bond donors (Lipinski definition) is 1. The number of carbonyl (C=O) groups is 1. The van der Waals surface area contributed by atoms with Crippen LogP contribution in [-0.4, -0.2) is 46.6 Å². The Morgan fingerprint density at radius 1 is 1.24 bits per heavy atom. The number of piperidine rings is 1. The fraction of sp³-hybridized carbons (Fsp3) is 0.500. The summed E-state index contributed by atoms with van der Waals surface area (Å²) in [6.07, 6.45) is 7.09. The van der Waals surface area contributed by atoms with Gasteiger partial charge in [0.15, 0.2) is 0 Å². The molecule has 2 aromatic heterocycles. The van der Waals surface area contributed by atoms with Gasteiger partial charge in [-0.05, 0) is 49.9 Å². The average molecular weight is 284 g/mol. The van der Waals surface area contributed by atoms with E-state index in [0.717, 1.165) is 43.7 Å². The molecule has 5 nitrogen and oxygen atoms in total. The summed E-state index contributed by atoms with van der Waals surface area (Å²) in [6.45, 7) is 3.94. The van der Waals surface area contributed by atoms with Crippen molar-refractivity contribution in [2.75, 3.05) is 26.2 Å². The minimum Gasteiger partial charge on any atom is -0.338 e. The molecule has 4 rings (SSSR count). The Balaban J connectivity index is 1.58. The minimum absolute atomic E-state index is 0.131. The summed E-state index contributed by atoms with van der Waals surface area (Å²) in [5.74, 6) is 0.131. The third kappa shape index (κ3) is 2.12. The molecule has 4 heterocycles. The second-order valence-corrected chi connectivity index (χ2v) is 6.32. The van der Waals surface area contributed by atoms with Gasteiger partial charge in [-0.1, -0.05) is 6.07 Å². The molecule has 21 heavy (non-hydrogen) atoms. The van der Waals surface area contributed by atoms with E-state index < -0.39 is 0 Å². The number of nitrogens with one attached hydrogen (secondary N) is 1. The van der Waals surface area contributed by atoms with Crippen LogP contribution in [0.15, 0.2) is 30.6 Å². The zero-order valence-corrected chi connectivity index (χ0v) is 12.1. The van der Waals surface area contributed by atoms with E-state index >= 15 is 0 Å². The number of fused-ring (bicyclic) bond motifs is 1. The Bertz CT molecular complexity index is 672. The number of carbonyl (C=O) groups excluding carboxylic acids is 1. The van der Waals surface area contributed by atoms with Crippen LogP contribution in [0.3, 0.4) is 0 Å². The highest BCUT2D eigenvalue weighted by Crippen LogP contribution is 2.39. The van der Waals surface area contributed by atoms with Crippen LogP contribution in [-0.2, 0) is 0 Å². The van der Waals surface area contributed by atoms with Crippen molar-refractivity contribution in [3.8, 4) is 0 Å². The molecule has 0 aliphatic carbocycles. The standard InChI is InChI=1S/C16H20N4O/c21-15(13-11-18-20-9-2-1-3-14(13)20)19-10-6-16(12-19)4-7-17-8-5-16/h1-3,9,11,17H,4-8,10,12H2. The fourth-order valence-corrected chi connectivity index (χ4v) is 3.74. The number of amides is 1. The molecule has 2 saturated heterocycles. The zero-order valence-electron chi connectivity index (χ0n) is 12.1. The second kappa shape index (κ2) is 4.84. The molecule has 110 valence electrons. The number of pyridine rings is 1. The van der Waals surface area contributed by atoms with Crippen molar-refractivity contribution in [1.82, 2.24) is 19.8 Å². The van der Waals surface area contributed by atoms with Gasteiger partial charge < -0.3 is 10.2 Å². The Morgan fingerprint density at radius 2 is 2.10 bits per heavy atom. The van der Waals surface area contributed by atoms with E-state index in [2.05, 4.69) is 10.4 Å². The number of rotatable bonds is 1. The largest absolute Gasteiger partial charge is 0.338 e. The molecule has 2 aromatic rings. The Morgan fingerprint density at radius 3 is 2.95 bits per heavy atom. The topological polar surface area (TPSA) is 49.6 Å². The van der Waals surface area contributed by atoms with Crippen LogP contribution >= 0.6 is 0 Å². The van der Waals surface area contributed by atoms with E-state index in [1.165, 1.54) is 12.8 Å². The molecule has 1 amide bonds. The molecule has 2 aliphatic heterocycles. The van der Waals surface area contributed by atoms with Crippen LogP contribution in [0, 0.1) is 5.41 Å². The lowest BCUT2D eigenvalue weighted by Crippen LogP contribution is -2.39.